The van der Waals surface area contributed by atoms with E-state index in [0.717, 1.165) is 60.0 Å². The second kappa shape index (κ2) is 12.5. The second-order valence-corrected chi connectivity index (χ2v) is 10.7. The third-order valence-electron chi connectivity index (χ3n) is 6.93. The Hall–Kier alpha value is -3.68. The highest BCUT2D eigenvalue weighted by Crippen LogP contribution is 2.33. The van der Waals surface area contributed by atoms with Crippen LogP contribution >= 0.6 is 11.6 Å². The zero-order valence-corrected chi connectivity index (χ0v) is 23.1. The van der Waals surface area contributed by atoms with Crippen molar-refractivity contribution in [2.45, 2.75) is 44.2 Å². The molecule has 4 aromatic rings. The van der Waals surface area contributed by atoms with Crippen LogP contribution in [0.4, 0.5) is 5.95 Å². The quantitative estimate of drug-likeness (QED) is 0.228. The normalized spacial score (nSPS) is 17.6. The number of carbonyl (C=O) groups is 1. The molecule has 2 aromatic carbocycles. The van der Waals surface area contributed by atoms with E-state index in [1.54, 1.807) is 12.3 Å². The van der Waals surface area contributed by atoms with Gasteiger partial charge in [-0.05, 0) is 63.2 Å². The molecule has 0 aliphatic heterocycles. The summed E-state index contributed by atoms with van der Waals surface area (Å²) in [4.78, 5) is 26.7. The van der Waals surface area contributed by atoms with Gasteiger partial charge in [-0.25, -0.2) is 9.97 Å². The van der Waals surface area contributed by atoms with E-state index in [0.29, 0.717) is 23.1 Å². The Balaban J connectivity index is 1.18. The molecule has 8 heteroatoms. The van der Waals surface area contributed by atoms with Crippen LogP contribution in [-0.4, -0.2) is 58.4 Å². The summed E-state index contributed by atoms with van der Waals surface area (Å²) < 4.78 is 6.31. The average Bonchev–Trinajstić information content (AvgIpc) is 3.35. The number of carbonyl (C=O) groups excluding carboxylic acids is 1. The van der Waals surface area contributed by atoms with Crippen LogP contribution in [0, 0.1) is 0 Å². The van der Waals surface area contributed by atoms with Crippen molar-refractivity contribution < 1.29 is 9.53 Å². The molecule has 39 heavy (non-hydrogen) atoms. The number of aromatic amines is 1. The Morgan fingerprint density at radius 3 is 2.82 bits per heavy atom. The number of hydrogen-bond donors (Lipinski definition) is 2. The summed E-state index contributed by atoms with van der Waals surface area (Å²) in [7, 11) is 3.96. The molecule has 1 aliphatic rings. The molecule has 0 unspecified atom stereocenters. The lowest BCUT2D eigenvalue weighted by atomic mass is 9.93. The summed E-state index contributed by atoms with van der Waals surface area (Å²) in [6.45, 7) is 0.755. The molecule has 5 rings (SSSR count). The molecular weight excluding hydrogens is 510 g/mol. The van der Waals surface area contributed by atoms with Crippen molar-refractivity contribution in [3.63, 3.8) is 0 Å². The first kappa shape index (κ1) is 26.9. The van der Waals surface area contributed by atoms with E-state index in [1.165, 1.54) is 0 Å². The fourth-order valence-corrected chi connectivity index (χ4v) is 5.18. The van der Waals surface area contributed by atoms with Gasteiger partial charge in [0.1, 0.15) is 11.9 Å². The highest BCUT2D eigenvalue weighted by Gasteiger charge is 2.24. The number of nitrogens with zero attached hydrogens (tertiary/aromatic N) is 3. The van der Waals surface area contributed by atoms with Gasteiger partial charge in [0.15, 0.2) is 5.78 Å². The number of likely N-dealkylation sites (N-methyl/N-ethyl adjacent to an activating group) is 1. The number of fused-ring (bicyclic) bond motifs is 1. The van der Waals surface area contributed by atoms with Gasteiger partial charge in [-0.2, -0.15) is 0 Å². The third-order valence-corrected chi connectivity index (χ3v) is 7.20. The number of hydrogen-bond acceptors (Lipinski definition) is 6. The van der Waals surface area contributed by atoms with Crippen molar-refractivity contribution in [1.29, 1.82) is 0 Å². The fraction of sp³-hybridized carbons (Fsp3) is 0.323. The van der Waals surface area contributed by atoms with Crippen LogP contribution in [0.2, 0.25) is 5.02 Å². The van der Waals surface area contributed by atoms with Crippen LogP contribution in [0.25, 0.3) is 22.2 Å². The SMILES string of the molecule is CN(C)C/C=C/C(=O)Cc1ccc(O[C@@H]2CCC[C@@H](Nc3ncc(Cl)c(-c4c[nH]c5ccccc45)n3)C2)cc1. The minimum Gasteiger partial charge on any atom is -0.490 e. The molecule has 0 saturated heterocycles. The van der Waals surface area contributed by atoms with E-state index < -0.39 is 0 Å². The summed E-state index contributed by atoms with van der Waals surface area (Å²) in [6, 6.07) is 16.2. The Morgan fingerprint density at radius 1 is 1.18 bits per heavy atom. The number of aromatic nitrogens is 3. The van der Waals surface area contributed by atoms with Gasteiger partial charge in [0.2, 0.25) is 5.95 Å². The summed E-state index contributed by atoms with van der Waals surface area (Å²) in [6.07, 6.45) is 11.6. The first-order valence-electron chi connectivity index (χ1n) is 13.4. The Labute approximate surface area is 234 Å². The highest BCUT2D eigenvalue weighted by atomic mass is 35.5. The number of rotatable bonds is 10. The number of halogens is 1. The summed E-state index contributed by atoms with van der Waals surface area (Å²) in [5, 5.41) is 5.10. The van der Waals surface area contributed by atoms with Crippen LogP contribution in [-0.2, 0) is 11.2 Å². The molecule has 2 N–H and O–H groups in total. The van der Waals surface area contributed by atoms with Gasteiger partial charge in [-0.3, -0.25) is 4.79 Å². The number of ether oxygens (including phenoxy) is 1. The lowest BCUT2D eigenvalue weighted by Crippen LogP contribution is -2.33. The van der Waals surface area contributed by atoms with Gasteiger partial charge in [0.25, 0.3) is 0 Å². The zero-order valence-electron chi connectivity index (χ0n) is 22.4. The molecule has 202 valence electrons. The van der Waals surface area contributed by atoms with Gasteiger partial charge in [0, 0.05) is 48.1 Å². The van der Waals surface area contributed by atoms with Gasteiger partial charge in [0.05, 0.1) is 16.9 Å². The number of ketones is 1. The van der Waals surface area contributed by atoms with Crippen LogP contribution in [0.15, 0.2) is 73.1 Å². The van der Waals surface area contributed by atoms with Crippen molar-refractivity contribution in [3.8, 4) is 17.0 Å². The molecule has 1 saturated carbocycles. The van der Waals surface area contributed by atoms with E-state index >= 15 is 0 Å². The third kappa shape index (κ3) is 7.05. The van der Waals surface area contributed by atoms with Crippen molar-refractivity contribution in [1.82, 2.24) is 19.9 Å². The molecule has 2 aromatic heterocycles. The van der Waals surface area contributed by atoms with E-state index in [1.807, 2.05) is 73.7 Å². The maximum Gasteiger partial charge on any atom is 0.223 e. The monoisotopic (exact) mass is 543 g/mol. The smallest absolute Gasteiger partial charge is 0.223 e. The molecule has 1 fully saturated rings. The van der Waals surface area contributed by atoms with Crippen molar-refractivity contribution >= 4 is 34.2 Å². The molecule has 2 heterocycles. The van der Waals surface area contributed by atoms with Gasteiger partial charge >= 0.3 is 0 Å². The minimum absolute atomic E-state index is 0.0955. The first-order valence-corrected chi connectivity index (χ1v) is 13.8. The van der Waals surface area contributed by atoms with Crippen molar-refractivity contribution in [2.24, 2.45) is 0 Å². The topological polar surface area (TPSA) is 83.1 Å². The maximum atomic E-state index is 12.2. The summed E-state index contributed by atoms with van der Waals surface area (Å²) in [5.74, 6) is 1.49. The van der Waals surface area contributed by atoms with Gasteiger partial charge in [-0.15, -0.1) is 0 Å². The minimum atomic E-state index is 0.0955. The largest absolute Gasteiger partial charge is 0.490 e. The van der Waals surface area contributed by atoms with E-state index in [4.69, 9.17) is 21.3 Å². The predicted molar refractivity (Wildman–Crippen MR) is 157 cm³/mol. The van der Waals surface area contributed by atoms with Crippen LogP contribution in [0.5, 0.6) is 5.75 Å². The van der Waals surface area contributed by atoms with E-state index in [2.05, 4.69) is 21.4 Å². The number of nitrogens with one attached hydrogen (secondary N) is 2. The predicted octanol–water partition coefficient (Wildman–Crippen LogP) is 6.31. The molecule has 0 amide bonds. The molecule has 0 radical (unpaired) electrons. The maximum absolute atomic E-state index is 12.2. The standard InChI is InChI=1S/C31H34ClN5O2/c1-37(2)16-6-8-23(38)17-21-12-14-24(15-13-21)39-25-9-5-7-22(18-25)35-31-34-20-28(32)30(36-31)27-19-33-29-11-4-3-10-26(27)29/h3-4,6,8,10-15,19-20,22,25,33H,5,7,9,16-18H2,1-2H3,(H,34,35,36)/b8-6+/t22-,25-/m1/s1. The Morgan fingerprint density at radius 2 is 2.00 bits per heavy atom. The molecule has 2 atom stereocenters. The number of anilines is 1. The second-order valence-electron chi connectivity index (χ2n) is 10.3. The van der Waals surface area contributed by atoms with E-state index in [-0.39, 0.29) is 17.9 Å². The van der Waals surface area contributed by atoms with Crippen LogP contribution in [0.3, 0.4) is 0 Å². The molecule has 7 nitrogen and oxygen atoms in total. The van der Waals surface area contributed by atoms with Crippen molar-refractivity contribution in [2.75, 3.05) is 26.0 Å². The number of benzene rings is 2. The molecule has 0 bridgehead atoms. The number of allylic oxidation sites excluding steroid dienone is 1. The lowest BCUT2D eigenvalue weighted by molar-refractivity contribution is -0.114. The number of H-pyrrole nitrogens is 1. The van der Waals surface area contributed by atoms with Gasteiger partial charge < -0.3 is 19.9 Å². The fourth-order valence-electron chi connectivity index (χ4n) is 4.99. The molecule has 1 aliphatic carbocycles. The van der Waals surface area contributed by atoms with Crippen molar-refractivity contribution in [3.05, 3.63) is 83.7 Å². The lowest BCUT2D eigenvalue weighted by Gasteiger charge is -2.30. The molecular formula is C31H34ClN5O2. The van der Waals surface area contributed by atoms with Crippen LogP contribution < -0.4 is 10.1 Å². The Kier molecular flexibility index (Phi) is 8.59. The Bertz CT molecular complexity index is 1450. The van der Waals surface area contributed by atoms with Gasteiger partial charge in [-0.1, -0.05) is 48.0 Å². The summed E-state index contributed by atoms with van der Waals surface area (Å²) >= 11 is 6.51. The number of para-hydroxylation sites is 1. The van der Waals surface area contributed by atoms with E-state index in [9.17, 15) is 4.79 Å². The van der Waals surface area contributed by atoms with Crippen LogP contribution in [0.1, 0.15) is 31.2 Å². The molecule has 0 spiro atoms. The average molecular weight is 544 g/mol. The summed E-state index contributed by atoms with van der Waals surface area (Å²) in [5.41, 5.74) is 3.69. The zero-order chi connectivity index (χ0) is 27.2. The first-order chi connectivity index (χ1) is 18.9. The highest BCUT2D eigenvalue weighted by molar-refractivity contribution is 6.33.